The minimum absolute atomic E-state index is 0. The molecule has 0 heterocycles. The monoisotopic (exact) mass is 274 g/mol. The van der Waals surface area contributed by atoms with E-state index >= 15 is 0 Å². The summed E-state index contributed by atoms with van der Waals surface area (Å²) >= 11 is 0. The van der Waals surface area contributed by atoms with Crippen molar-refractivity contribution >= 4 is 24.0 Å². The summed E-state index contributed by atoms with van der Waals surface area (Å²) in [7, 11) is 1.57. The fraction of sp³-hybridized carbons (Fsp3) is 0.417. The SMILES string of the molecule is CCOc1cc(NC(=O)[C@@H](C)N)ccc1OC.Cl. The summed E-state index contributed by atoms with van der Waals surface area (Å²) in [4.78, 5) is 11.4. The summed E-state index contributed by atoms with van der Waals surface area (Å²) in [5, 5.41) is 2.69. The van der Waals surface area contributed by atoms with Crippen molar-refractivity contribution in [1.82, 2.24) is 0 Å². The van der Waals surface area contributed by atoms with Gasteiger partial charge in [0, 0.05) is 11.8 Å². The molecule has 0 radical (unpaired) electrons. The maximum absolute atomic E-state index is 11.4. The van der Waals surface area contributed by atoms with Crippen LogP contribution >= 0.6 is 12.4 Å². The van der Waals surface area contributed by atoms with Gasteiger partial charge in [-0.1, -0.05) is 0 Å². The van der Waals surface area contributed by atoms with Crippen LogP contribution in [0.1, 0.15) is 13.8 Å². The third-order valence-electron chi connectivity index (χ3n) is 2.14. The topological polar surface area (TPSA) is 73.6 Å². The fourth-order valence-corrected chi connectivity index (χ4v) is 1.28. The molecule has 1 atom stereocenters. The minimum Gasteiger partial charge on any atom is -0.493 e. The van der Waals surface area contributed by atoms with Crippen molar-refractivity contribution in [3.8, 4) is 11.5 Å². The minimum atomic E-state index is -0.548. The highest BCUT2D eigenvalue weighted by molar-refractivity contribution is 5.94. The van der Waals surface area contributed by atoms with Gasteiger partial charge in [-0.05, 0) is 26.0 Å². The molecular formula is C12H19ClN2O3. The van der Waals surface area contributed by atoms with Crippen molar-refractivity contribution in [2.45, 2.75) is 19.9 Å². The molecule has 6 heteroatoms. The molecule has 0 aliphatic carbocycles. The predicted molar refractivity (Wildman–Crippen MR) is 73.7 cm³/mol. The van der Waals surface area contributed by atoms with Crippen molar-refractivity contribution < 1.29 is 14.3 Å². The first-order valence-corrected chi connectivity index (χ1v) is 5.45. The Morgan fingerprint density at radius 1 is 1.44 bits per heavy atom. The lowest BCUT2D eigenvalue weighted by atomic mass is 10.2. The Labute approximate surface area is 113 Å². The van der Waals surface area contributed by atoms with E-state index in [0.717, 1.165) is 0 Å². The fourth-order valence-electron chi connectivity index (χ4n) is 1.28. The molecule has 0 aromatic heterocycles. The van der Waals surface area contributed by atoms with Crippen LogP contribution in [0.15, 0.2) is 18.2 Å². The summed E-state index contributed by atoms with van der Waals surface area (Å²) in [5.41, 5.74) is 6.10. The van der Waals surface area contributed by atoms with Gasteiger partial charge in [0.25, 0.3) is 0 Å². The Kier molecular flexibility index (Phi) is 7.16. The predicted octanol–water partition coefficient (Wildman–Crippen LogP) is 1.80. The zero-order chi connectivity index (χ0) is 12.8. The molecule has 0 aliphatic rings. The molecule has 1 aromatic carbocycles. The van der Waals surface area contributed by atoms with Crippen molar-refractivity contribution in [2.24, 2.45) is 5.73 Å². The molecule has 102 valence electrons. The number of benzene rings is 1. The van der Waals surface area contributed by atoms with E-state index in [9.17, 15) is 4.79 Å². The molecule has 3 N–H and O–H groups in total. The second kappa shape index (κ2) is 7.79. The van der Waals surface area contributed by atoms with Gasteiger partial charge in [0.05, 0.1) is 19.8 Å². The van der Waals surface area contributed by atoms with E-state index in [2.05, 4.69) is 5.32 Å². The molecule has 0 saturated carbocycles. The summed E-state index contributed by atoms with van der Waals surface area (Å²) in [6, 6.07) is 4.64. The Morgan fingerprint density at radius 3 is 2.61 bits per heavy atom. The number of ether oxygens (including phenoxy) is 2. The van der Waals surface area contributed by atoms with Crippen LogP contribution in [0.4, 0.5) is 5.69 Å². The van der Waals surface area contributed by atoms with Gasteiger partial charge in [0.2, 0.25) is 5.91 Å². The zero-order valence-corrected chi connectivity index (χ0v) is 11.5. The third kappa shape index (κ3) is 4.43. The van der Waals surface area contributed by atoms with Gasteiger partial charge < -0.3 is 20.5 Å². The normalized spacial score (nSPS) is 11.1. The van der Waals surface area contributed by atoms with Gasteiger partial charge in [-0.25, -0.2) is 0 Å². The van der Waals surface area contributed by atoms with Crippen LogP contribution in [0.3, 0.4) is 0 Å². The largest absolute Gasteiger partial charge is 0.493 e. The Morgan fingerprint density at radius 2 is 2.11 bits per heavy atom. The molecule has 0 fully saturated rings. The van der Waals surface area contributed by atoms with E-state index in [1.54, 1.807) is 32.2 Å². The molecule has 1 amide bonds. The Balaban J connectivity index is 0.00000289. The second-order valence-electron chi connectivity index (χ2n) is 3.58. The molecule has 1 aromatic rings. The number of halogens is 1. The van der Waals surface area contributed by atoms with E-state index in [4.69, 9.17) is 15.2 Å². The van der Waals surface area contributed by atoms with Gasteiger partial charge in [-0.3, -0.25) is 4.79 Å². The Bertz CT molecular complexity index is 397. The highest BCUT2D eigenvalue weighted by Gasteiger charge is 2.10. The molecule has 5 nitrogen and oxygen atoms in total. The summed E-state index contributed by atoms with van der Waals surface area (Å²) < 4.78 is 10.5. The van der Waals surface area contributed by atoms with E-state index in [1.807, 2.05) is 6.92 Å². The molecule has 1 rings (SSSR count). The van der Waals surface area contributed by atoms with Crippen molar-refractivity contribution in [3.63, 3.8) is 0 Å². The van der Waals surface area contributed by atoms with Crippen LogP contribution in [0.5, 0.6) is 11.5 Å². The maximum atomic E-state index is 11.4. The maximum Gasteiger partial charge on any atom is 0.241 e. The van der Waals surface area contributed by atoms with Gasteiger partial charge in [-0.15, -0.1) is 12.4 Å². The van der Waals surface area contributed by atoms with Crippen LogP contribution in [0.2, 0.25) is 0 Å². The van der Waals surface area contributed by atoms with Crippen LogP contribution in [0, 0.1) is 0 Å². The van der Waals surface area contributed by atoms with Crippen LogP contribution in [-0.2, 0) is 4.79 Å². The molecule has 0 unspecified atom stereocenters. The molecule has 18 heavy (non-hydrogen) atoms. The highest BCUT2D eigenvalue weighted by Crippen LogP contribution is 2.30. The van der Waals surface area contributed by atoms with Crippen molar-refractivity contribution in [1.29, 1.82) is 0 Å². The second-order valence-corrected chi connectivity index (χ2v) is 3.58. The molecule has 0 spiro atoms. The molecular weight excluding hydrogens is 256 g/mol. The quantitative estimate of drug-likeness (QED) is 0.859. The number of anilines is 1. The molecule has 0 aliphatic heterocycles. The number of hydrogen-bond donors (Lipinski definition) is 2. The average molecular weight is 275 g/mol. The summed E-state index contributed by atoms with van der Waals surface area (Å²) in [6.45, 7) is 4.04. The zero-order valence-electron chi connectivity index (χ0n) is 10.7. The number of amides is 1. The molecule has 0 bridgehead atoms. The lowest BCUT2D eigenvalue weighted by molar-refractivity contribution is -0.117. The third-order valence-corrected chi connectivity index (χ3v) is 2.14. The summed E-state index contributed by atoms with van der Waals surface area (Å²) in [6.07, 6.45) is 0. The summed E-state index contributed by atoms with van der Waals surface area (Å²) in [5.74, 6) is 0.987. The van der Waals surface area contributed by atoms with Crippen LogP contribution in [-0.4, -0.2) is 25.7 Å². The van der Waals surface area contributed by atoms with Crippen LogP contribution in [0.25, 0.3) is 0 Å². The number of hydrogen-bond acceptors (Lipinski definition) is 4. The van der Waals surface area contributed by atoms with Gasteiger partial charge in [0.15, 0.2) is 11.5 Å². The van der Waals surface area contributed by atoms with Gasteiger partial charge >= 0.3 is 0 Å². The number of methoxy groups -OCH3 is 1. The first-order valence-electron chi connectivity index (χ1n) is 5.45. The number of carbonyl (C=O) groups excluding carboxylic acids is 1. The van der Waals surface area contributed by atoms with Gasteiger partial charge in [-0.2, -0.15) is 0 Å². The number of nitrogens with two attached hydrogens (primary N) is 1. The van der Waals surface area contributed by atoms with Crippen LogP contribution < -0.4 is 20.5 Å². The first-order chi connectivity index (χ1) is 8.08. The average Bonchev–Trinajstić information content (AvgIpc) is 2.29. The number of rotatable bonds is 5. The molecule has 0 saturated heterocycles. The Hall–Kier alpha value is -1.46. The van der Waals surface area contributed by atoms with E-state index in [1.165, 1.54) is 0 Å². The van der Waals surface area contributed by atoms with Gasteiger partial charge in [0.1, 0.15) is 0 Å². The van der Waals surface area contributed by atoms with E-state index in [-0.39, 0.29) is 18.3 Å². The first kappa shape index (κ1) is 16.5. The lowest BCUT2D eigenvalue weighted by Gasteiger charge is -2.12. The lowest BCUT2D eigenvalue weighted by Crippen LogP contribution is -2.32. The standard InChI is InChI=1S/C12H18N2O3.ClH/c1-4-17-11-7-9(5-6-10(11)16-3)14-12(15)8(2)13;/h5-8H,4,13H2,1-3H3,(H,14,15);1H/t8-;/m1./s1. The number of nitrogens with one attached hydrogen (secondary N) is 1. The van der Waals surface area contributed by atoms with Crippen molar-refractivity contribution in [3.05, 3.63) is 18.2 Å². The van der Waals surface area contributed by atoms with E-state index < -0.39 is 6.04 Å². The van der Waals surface area contributed by atoms with E-state index in [0.29, 0.717) is 23.8 Å². The smallest absolute Gasteiger partial charge is 0.241 e. The number of carbonyl (C=O) groups is 1. The highest BCUT2D eigenvalue weighted by atomic mass is 35.5. The van der Waals surface area contributed by atoms with Crippen molar-refractivity contribution in [2.75, 3.05) is 19.0 Å².